The molecule has 0 saturated carbocycles. The molecule has 0 saturated heterocycles. The number of hydrogen-bond donors (Lipinski definition) is 2. The Balaban J connectivity index is 1.93. The van der Waals surface area contributed by atoms with Crippen LogP contribution in [-0.4, -0.2) is 33.8 Å². The number of anilines is 2. The fourth-order valence-electron chi connectivity index (χ4n) is 3.56. The SMILES string of the molecule is CCCCn1c(N)c(N(CC(C)C)C(=O)C2CC(c3cccc(F)c3)=NO2)c(=O)[nH]c1=O. The zero-order valence-corrected chi connectivity index (χ0v) is 18.4. The standard InChI is InChI=1S/C22H28FN5O4/c1-4-5-9-27-19(24)18(20(29)25-22(27)31)28(12-13(2)3)21(30)17-11-16(26-32-17)14-7-6-8-15(23)10-14/h6-8,10,13,17H,4-5,9,11-12,24H2,1-3H3,(H,25,29,31). The molecule has 1 aromatic heterocycles. The molecule has 1 atom stereocenters. The molecular weight excluding hydrogens is 417 g/mol. The first-order valence-electron chi connectivity index (χ1n) is 10.7. The molecule has 1 aliphatic rings. The molecule has 3 N–H and O–H groups in total. The summed E-state index contributed by atoms with van der Waals surface area (Å²) in [5, 5.41) is 3.95. The Kier molecular flexibility index (Phi) is 7.12. The molecule has 0 spiro atoms. The second-order valence-corrected chi connectivity index (χ2v) is 8.19. The fraction of sp³-hybridized carbons (Fsp3) is 0.455. The number of aromatic amines is 1. The van der Waals surface area contributed by atoms with Crippen molar-refractivity contribution in [2.75, 3.05) is 17.2 Å². The maximum absolute atomic E-state index is 13.6. The van der Waals surface area contributed by atoms with Crippen molar-refractivity contribution in [3.8, 4) is 0 Å². The minimum Gasteiger partial charge on any atom is -0.383 e. The fourth-order valence-corrected chi connectivity index (χ4v) is 3.56. The summed E-state index contributed by atoms with van der Waals surface area (Å²) in [6, 6.07) is 5.85. The Morgan fingerprint density at radius 2 is 2.16 bits per heavy atom. The zero-order valence-electron chi connectivity index (χ0n) is 18.4. The van der Waals surface area contributed by atoms with Crippen LogP contribution in [0.1, 0.15) is 45.6 Å². The topological polar surface area (TPSA) is 123 Å². The summed E-state index contributed by atoms with van der Waals surface area (Å²) in [5.41, 5.74) is 5.73. The van der Waals surface area contributed by atoms with E-state index in [1.165, 1.54) is 21.6 Å². The molecule has 0 radical (unpaired) electrons. The highest BCUT2D eigenvalue weighted by Crippen LogP contribution is 2.24. The third-order valence-electron chi connectivity index (χ3n) is 5.14. The molecule has 172 valence electrons. The highest BCUT2D eigenvalue weighted by molar-refractivity contribution is 6.07. The summed E-state index contributed by atoms with van der Waals surface area (Å²) in [7, 11) is 0. The second kappa shape index (κ2) is 9.80. The lowest BCUT2D eigenvalue weighted by atomic mass is 10.0. The molecular formula is C22H28FN5O4. The Labute approximate surface area is 184 Å². The van der Waals surface area contributed by atoms with Crippen molar-refractivity contribution in [1.82, 2.24) is 9.55 Å². The second-order valence-electron chi connectivity index (χ2n) is 8.19. The first kappa shape index (κ1) is 23.2. The van der Waals surface area contributed by atoms with E-state index in [1.807, 2.05) is 20.8 Å². The van der Waals surface area contributed by atoms with E-state index >= 15 is 0 Å². The smallest absolute Gasteiger partial charge is 0.330 e. The number of amides is 1. The van der Waals surface area contributed by atoms with E-state index in [-0.39, 0.29) is 30.4 Å². The number of nitrogen functional groups attached to an aromatic ring is 1. The van der Waals surface area contributed by atoms with Crippen molar-refractivity contribution in [3.05, 3.63) is 56.5 Å². The first-order valence-corrected chi connectivity index (χ1v) is 10.7. The van der Waals surface area contributed by atoms with Gasteiger partial charge in [-0.2, -0.15) is 0 Å². The van der Waals surface area contributed by atoms with E-state index in [9.17, 15) is 18.8 Å². The van der Waals surface area contributed by atoms with Gasteiger partial charge in [-0.1, -0.05) is 44.5 Å². The van der Waals surface area contributed by atoms with Crippen LogP contribution in [0.25, 0.3) is 0 Å². The molecule has 10 heteroatoms. The van der Waals surface area contributed by atoms with Crippen LogP contribution in [0.5, 0.6) is 0 Å². The van der Waals surface area contributed by atoms with Crippen LogP contribution in [0, 0.1) is 11.7 Å². The average molecular weight is 445 g/mol. The molecule has 1 aromatic carbocycles. The number of oxime groups is 1. The summed E-state index contributed by atoms with van der Waals surface area (Å²) >= 11 is 0. The zero-order chi connectivity index (χ0) is 23.4. The van der Waals surface area contributed by atoms with Gasteiger partial charge in [-0.15, -0.1) is 0 Å². The van der Waals surface area contributed by atoms with E-state index in [0.29, 0.717) is 24.2 Å². The lowest BCUT2D eigenvalue weighted by molar-refractivity contribution is -0.128. The minimum atomic E-state index is -0.998. The van der Waals surface area contributed by atoms with E-state index in [2.05, 4.69) is 10.1 Å². The Hall–Kier alpha value is -3.43. The van der Waals surface area contributed by atoms with Gasteiger partial charge in [0.15, 0.2) is 5.69 Å². The van der Waals surface area contributed by atoms with Gasteiger partial charge in [0.1, 0.15) is 11.6 Å². The Bertz CT molecular complexity index is 1140. The summed E-state index contributed by atoms with van der Waals surface area (Å²) in [5.74, 6) is -0.994. The normalized spacial score (nSPS) is 15.5. The van der Waals surface area contributed by atoms with Crippen LogP contribution >= 0.6 is 0 Å². The molecule has 32 heavy (non-hydrogen) atoms. The van der Waals surface area contributed by atoms with Gasteiger partial charge in [0.05, 0.1) is 5.71 Å². The van der Waals surface area contributed by atoms with Crippen LogP contribution in [0.3, 0.4) is 0 Å². The quantitative estimate of drug-likeness (QED) is 0.645. The van der Waals surface area contributed by atoms with Crippen LogP contribution in [0.15, 0.2) is 39.0 Å². The number of halogens is 1. The van der Waals surface area contributed by atoms with Crippen LogP contribution in [-0.2, 0) is 16.2 Å². The molecule has 1 amide bonds. The van der Waals surface area contributed by atoms with Gasteiger partial charge < -0.3 is 15.5 Å². The van der Waals surface area contributed by atoms with Crippen LogP contribution in [0.2, 0.25) is 0 Å². The van der Waals surface area contributed by atoms with Gasteiger partial charge >= 0.3 is 5.69 Å². The van der Waals surface area contributed by atoms with E-state index in [4.69, 9.17) is 10.6 Å². The number of carbonyl (C=O) groups excluding carboxylic acids is 1. The van der Waals surface area contributed by atoms with Crippen LogP contribution in [0.4, 0.5) is 15.9 Å². The van der Waals surface area contributed by atoms with Crippen molar-refractivity contribution < 1.29 is 14.0 Å². The number of aromatic nitrogens is 2. The monoisotopic (exact) mass is 445 g/mol. The number of benzene rings is 1. The highest BCUT2D eigenvalue weighted by atomic mass is 19.1. The van der Waals surface area contributed by atoms with E-state index in [1.54, 1.807) is 12.1 Å². The molecule has 2 aromatic rings. The van der Waals surface area contributed by atoms with Crippen molar-refractivity contribution in [1.29, 1.82) is 0 Å². The van der Waals surface area contributed by atoms with Crippen molar-refractivity contribution in [3.63, 3.8) is 0 Å². The number of unbranched alkanes of at least 4 members (excludes halogenated alkanes) is 1. The van der Waals surface area contributed by atoms with Crippen molar-refractivity contribution in [2.24, 2.45) is 11.1 Å². The van der Waals surface area contributed by atoms with Gasteiger partial charge in [-0.05, 0) is 24.5 Å². The number of carbonyl (C=O) groups is 1. The lowest BCUT2D eigenvalue weighted by Gasteiger charge is -2.27. The summed E-state index contributed by atoms with van der Waals surface area (Å²) in [6.45, 7) is 6.26. The number of rotatable bonds is 8. The molecule has 0 bridgehead atoms. The predicted octanol–water partition coefficient (Wildman–Crippen LogP) is 2.24. The Morgan fingerprint density at radius 1 is 1.41 bits per heavy atom. The van der Waals surface area contributed by atoms with Gasteiger partial charge in [-0.3, -0.25) is 19.1 Å². The Morgan fingerprint density at radius 3 is 2.81 bits per heavy atom. The van der Waals surface area contributed by atoms with Crippen molar-refractivity contribution >= 4 is 23.1 Å². The van der Waals surface area contributed by atoms with Gasteiger partial charge in [0, 0.05) is 25.1 Å². The maximum atomic E-state index is 13.6. The van der Waals surface area contributed by atoms with Crippen LogP contribution < -0.4 is 21.9 Å². The van der Waals surface area contributed by atoms with Crippen molar-refractivity contribution in [2.45, 2.75) is 52.7 Å². The highest BCUT2D eigenvalue weighted by Gasteiger charge is 2.35. The minimum absolute atomic E-state index is 0.00113. The lowest BCUT2D eigenvalue weighted by Crippen LogP contribution is -2.46. The molecule has 3 rings (SSSR count). The molecule has 9 nitrogen and oxygen atoms in total. The van der Waals surface area contributed by atoms with Gasteiger partial charge in [-0.25, -0.2) is 9.18 Å². The summed E-state index contributed by atoms with van der Waals surface area (Å²) in [4.78, 5) is 47.2. The number of nitrogens with one attached hydrogen (secondary N) is 1. The largest absolute Gasteiger partial charge is 0.383 e. The predicted molar refractivity (Wildman–Crippen MR) is 120 cm³/mol. The van der Waals surface area contributed by atoms with Gasteiger partial charge in [0.2, 0.25) is 6.10 Å². The third kappa shape index (κ3) is 4.90. The number of nitrogens with two attached hydrogens (primary N) is 1. The number of H-pyrrole nitrogens is 1. The maximum Gasteiger partial charge on any atom is 0.330 e. The summed E-state index contributed by atoms with van der Waals surface area (Å²) in [6.07, 6.45) is 0.626. The number of hydrogen-bond acceptors (Lipinski definition) is 6. The van der Waals surface area contributed by atoms with E-state index in [0.717, 1.165) is 6.42 Å². The first-order chi connectivity index (χ1) is 15.2. The van der Waals surface area contributed by atoms with Gasteiger partial charge in [0.25, 0.3) is 11.5 Å². The molecule has 1 aliphatic heterocycles. The molecule has 0 fully saturated rings. The van der Waals surface area contributed by atoms with E-state index < -0.39 is 29.1 Å². The third-order valence-corrected chi connectivity index (χ3v) is 5.14. The molecule has 2 heterocycles. The number of nitrogens with zero attached hydrogens (tertiary/aromatic N) is 3. The molecule has 0 aliphatic carbocycles. The molecule has 1 unspecified atom stereocenters. The summed E-state index contributed by atoms with van der Waals surface area (Å²) < 4.78 is 14.8. The average Bonchev–Trinajstić information content (AvgIpc) is 3.22.